The fraction of sp³-hybridized carbons (Fsp3) is 0.486. The average molecular weight is 548 g/mol. The number of rotatable bonds is 19. The van der Waals surface area contributed by atoms with Gasteiger partial charge in [-0.3, -0.25) is 9.59 Å². The molecule has 216 valence electrons. The van der Waals surface area contributed by atoms with E-state index in [0.717, 1.165) is 24.8 Å². The Labute approximate surface area is 240 Å². The van der Waals surface area contributed by atoms with Gasteiger partial charge in [0.1, 0.15) is 5.82 Å². The molecule has 0 aliphatic carbocycles. The van der Waals surface area contributed by atoms with Gasteiger partial charge in [0.05, 0.1) is 11.6 Å². The molecular weight excluding hydrogens is 501 g/mol. The minimum absolute atomic E-state index is 0.0624. The minimum Gasteiger partial charge on any atom is -0.503 e. The number of hydrogen-bond acceptors (Lipinski definition) is 3. The first kappa shape index (κ1) is 31.3. The Morgan fingerprint density at radius 2 is 1.32 bits per heavy atom. The molecule has 0 saturated heterocycles. The van der Waals surface area contributed by atoms with E-state index >= 15 is 0 Å². The highest BCUT2D eigenvalue weighted by Gasteiger charge is 2.43. The summed E-state index contributed by atoms with van der Waals surface area (Å²) in [5, 5.41) is 10.7. The Morgan fingerprint density at radius 3 is 1.90 bits per heavy atom. The zero-order chi connectivity index (χ0) is 28.6. The maximum atomic E-state index is 14.9. The zero-order valence-corrected chi connectivity index (χ0v) is 24.1. The van der Waals surface area contributed by atoms with Gasteiger partial charge in [0.2, 0.25) is 0 Å². The molecule has 1 aliphatic rings. The Balaban J connectivity index is 1.50. The van der Waals surface area contributed by atoms with E-state index in [9.17, 15) is 19.1 Å². The number of carbonyl (C=O) groups excluding carboxylic acids is 2. The smallest absolute Gasteiger partial charge is 0.290 e. The van der Waals surface area contributed by atoms with Gasteiger partial charge in [-0.15, -0.1) is 0 Å². The largest absolute Gasteiger partial charge is 0.503 e. The minimum atomic E-state index is -0.941. The van der Waals surface area contributed by atoms with Gasteiger partial charge < -0.3 is 10.0 Å². The highest BCUT2D eigenvalue weighted by molar-refractivity contribution is 6.14. The summed E-state index contributed by atoms with van der Waals surface area (Å²) >= 11 is 0. The van der Waals surface area contributed by atoms with Crippen molar-refractivity contribution in [2.45, 2.75) is 103 Å². The number of aliphatic hydroxyl groups excluding tert-OH is 1. The summed E-state index contributed by atoms with van der Waals surface area (Å²) in [5.74, 6) is -2.19. The molecule has 1 amide bonds. The van der Waals surface area contributed by atoms with E-state index in [4.69, 9.17) is 0 Å². The predicted octanol–water partition coefficient (Wildman–Crippen LogP) is 9.28. The molecule has 40 heavy (non-hydrogen) atoms. The van der Waals surface area contributed by atoms with Crippen LogP contribution in [0.15, 0.2) is 72.0 Å². The van der Waals surface area contributed by atoms with Crippen LogP contribution in [-0.2, 0) is 9.59 Å². The second-order valence-electron chi connectivity index (χ2n) is 10.9. The number of amides is 1. The van der Waals surface area contributed by atoms with Gasteiger partial charge in [0.25, 0.3) is 5.91 Å². The van der Waals surface area contributed by atoms with E-state index in [-0.39, 0.29) is 11.1 Å². The molecule has 2 aromatic carbocycles. The van der Waals surface area contributed by atoms with Crippen LogP contribution in [0.2, 0.25) is 0 Å². The van der Waals surface area contributed by atoms with Gasteiger partial charge in [0, 0.05) is 12.1 Å². The summed E-state index contributed by atoms with van der Waals surface area (Å²) in [6.07, 6.45) is 20.2. The summed E-state index contributed by atoms with van der Waals surface area (Å²) < 4.78 is 14.9. The Bertz CT molecular complexity index is 1120. The fourth-order valence-electron chi connectivity index (χ4n) is 5.46. The lowest BCUT2D eigenvalue weighted by molar-refractivity contribution is -0.129. The van der Waals surface area contributed by atoms with Gasteiger partial charge in [0.15, 0.2) is 11.5 Å². The average Bonchev–Trinajstić information content (AvgIpc) is 3.22. The number of allylic oxidation sites excluding steroid dienone is 1. The number of hydrogen-bond donors (Lipinski definition) is 1. The molecule has 0 radical (unpaired) electrons. The van der Waals surface area contributed by atoms with E-state index in [1.807, 2.05) is 30.3 Å². The first-order valence-corrected chi connectivity index (χ1v) is 15.3. The third-order valence-electron chi connectivity index (χ3n) is 7.75. The second-order valence-corrected chi connectivity index (χ2v) is 10.9. The lowest BCUT2D eigenvalue weighted by atomic mass is 9.95. The van der Waals surface area contributed by atoms with Crippen molar-refractivity contribution < 1.29 is 19.1 Å². The van der Waals surface area contributed by atoms with E-state index in [1.54, 1.807) is 24.3 Å². The van der Waals surface area contributed by atoms with Crippen LogP contribution < -0.4 is 0 Å². The molecule has 2 aromatic rings. The summed E-state index contributed by atoms with van der Waals surface area (Å²) in [6, 6.07) is 14.5. The van der Waals surface area contributed by atoms with Crippen LogP contribution in [0.5, 0.6) is 0 Å². The lowest BCUT2D eigenvalue weighted by Crippen LogP contribution is -2.32. The molecule has 3 rings (SSSR count). The van der Waals surface area contributed by atoms with Gasteiger partial charge in [-0.25, -0.2) is 4.39 Å². The van der Waals surface area contributed by atoms with Gasteiger partial charge >= 0.3 is 0 Å². The van der Waals surface area contributed by atoms with Crippen molar-refractivity contribution in [1.82, 2.24) is 4.90 Å². The molecule has 0 fully saturated rings. The molecule has 1 N–H and O–H groups in total. The topological polar surface area (TPSA) is 57.6 Å². The van der Waals surface area contributed by atoms with E-state index in [0.29, 0.717) is 6.54 Å². The summed E-state index contributed by atoms with van der Waals surface area (Å²) in [4.78, 5) is 27.7. The van der Waals surface area contributed by atoms with Crippen LogP contribution in [0.25, 0.3) is 6.08 Å². The molecule has 0 bridgehead atoms. The standard InChI is InChI=1S/C35H46FNO3/c1-2-3-4-5-6-7-8-9-10-11-12-13-14-20-27-37-33(29-23-18-19-24-30(29)36)32(34(39)35(37)40)31(38)26-25-28-21-16-15-17-22-28/h15-19,21-26,33,39H,2-14,20,27H2,1H3/b26-25+/t33-/m0/s1. The second kappa shape index (κ2) is 17.5. The molecular formula is C35H46FNO3. The molecule has 0 saturated carbocycles. The van der Waals surface area contributed by atoms with Crippen molar-refractivity contribution in [3.63, 3.8) is 0 Å². The van der Waals surface area contributed by atoms with E-state index in [1.165, 1.54) is 87.7 Å². The number of ketones is 1. The quantitative estimate of drug-likeness (QED) is 0.141. The van der Waals surface area contributed by atoms with Crippen LogP contribution in [0.4, 0.5) is 4.39 Å². The Morgan fingerprint density at radius 1 is 0.800 bits per heavy atom. The maximum absolute atomic E-state index is 14.9. The van der Waals surface area contributed by atoms with Gasteiger partial charge in [-0.05, 0) is 24.1 Å². The van der Waals surface area contributed by atoms with Crippen LogP contribution in [-0.4, -0.2) is 28.2 Å². The first-order chi connectivity index (χ1) is 19.5. The molecule has 5 heteroatoms. The maximum Gasteiger partial charge on any atom is 0.290 e. The number of aliphatic hydroxyl groups is 1. The molecule has 0 aromatic heterocycles. The highest BCUT2D eigenvalue weighted by atomic mass is 19.1. The van der Waals surface area contributed by atoms with Crippen molar-refractivity contribution in [2.24, 2.45) is 0 Å². The Hall–Kier alpha value is -3.21. The predicted molar refractivity (Wildman–Crippen MR) is 161 cm³/mol. The van der Waals surface area contributed by atoms with Crippen LogP contribution in [0.1, 0.15) is 114 Å². The number of carbonyl (C=O) groups is 2. The van der Waals surface area contributed by atoms with E-state index < -0.39 is 29.3 Å². The van der Waals surface area contributed by atoms with Gasteiger partial charge in [-0.2, -0.15) is 0 Å². The fourth-order valence-corrected chi connectivity index (χ4v) is 5.46. The molecule has 0 spiro atoms. The molecule has 1 heterocycles. The molecule has 1 aliphatic heterocycles. The number of unbranched alkanes of at least 4 members (excludes halogenated alkanes) is 13. The first-order valence-electron chi connectivity index (χ1n) is 15.3. The summed E-state index contributed by atoms with van der Waals surface area (Å²) in [5.41, 5.74) is 0.983. The monoisotopic (exact) mass is 547 g/mol. The van der Waals surface area contributed by atoms with Crippen molar-refractivity contribution in [2.75, 3.05) is 6.54 Å². The third kappa shape index (κ3) is 9.46. The van der Waals surface area contributed by atoms with Crippen molar-refractivity contribution in [3.05, 3.63) is 88.9 Å². The normalized spacial score (nSPS) is 15.5. The summed E-state index contributed by atoms with van der Waals surface area (Å²) in [6.45, 7) is 2.61. The zero-order valence-electron chi connectivity index (χ0n) is 24.1. The number of nitrogens with zero attached hydrogens (tertiary/aromatic N) is 1. The lowest BCUT2D eigenvalue weighted by Gasteiger charge is -2.27. The van der Waals surface area contributed by atoms with Crippen molar-refractivity contribution in [3.8, 4) is 0 Å². The van der Waals surface area contributed by atoms with Gasteiger partial charge in [-0.1, -0.05) is 145 Å². The van der Waals surface area contributed by atoms with Crippen LogP contribution >= 0.6 is 0 Å². The van der Waals surface area contributed by atoms with Crippen LogP contribution in [0, 0.1) is 5.82 Å². The number of halogens is 1. The van der Waals surface area contributed by atoms with Crippen LogP contribution in [0.3, 0.4) is 0 Å². The third-order valence-corrected chi connectivity index (χ3v) is 7.75. The molecule has 0 unspecified atom stereocenters. The molecule has 4 nitrogen and oxygen atoms in total. The SMILES string of the molecule is CCCCCCCCCCCCCCCCN1C(=O)C(O)=C(C(=O)/C=C/c2ccccc2)[C@@H]1c1ccccc1F. The van der Waals surface area contributed by atoms with Crippen molar-refractivity contribution >= 4 is 17.8 Å². The Kier molecular flexibility index (Phi) is 13.7. The van der Waals surface area contributed by atoms with E-state index in [2.05, 4.69) is 6.92 Å². The highest BCUT2D eigenvalue weighted by Crippen LogP contribution is 2.39. The van der Waals surface area contributed by atoms with Crippen molar-refractivity contribution in [1.29, 1.82) is 0 Å². The number of benzene rings is 2. The molecule has 1 atom stereocenters. The summed E-state index contributed by atoms with van der Waals surface area (Å²) in [7, 11) is 0.